The highest BCUT2D eigenvalue weighted by atomic mass is 16.2. The van der Waals surface area contributed by atoms with Gasteiger partial charge in [0, 0.05) is 25.5 Å². The number of carbonyl (C=O) groups excluding carboxylic acids is 3. The van der Waals surface area contributed by atoms with Crippen molar-refractivity contribution in [3.63, 3.8) is 0 Å². The summed E-state index contributed by atoms with van der Waals surface area (Å²) in [6.45, 7) is 4.30. The molecule has 140 valence electrons. The van der Waals surface area contributed by atoms with Crippen molar-refractivity contribution in [2.75, 3.05) is 7.05 Å². The van der Waals surface area contributed by atoms with Crippen LogP contribution in [0.25, 0.3) is 0 Å². The highest BCUT2D eigenvalue weighted by Crippen LogP contribution is 2.22. The number of amides is 3. The van der Waals surface area contributed by atoms with Gasteiger partial charge in [0.05, 0.1) is 12.6 Å². The third-order valence-electron chi connectivity index (χ3n) is 5.16. The van der Waals surface area contributed by atoms with E-state index in [4.69, 9.17) is 0 Å². The number of carbonyl (C=O) groups is 3. The molecular formula is C22H24N2O3. The smallest absolute Gasteiger partial charge is 0.254 e. The summed E-state index contributed by atoms with van der Waals surface area (Å²) in [5, 5.41) is 0. The lowest BCUT2D eigenvalue weighted by molar-refractivity contribution is -0.139. The van der Waals surface area contributed by atoms with Crippen molar-refractivity contribution in [1.82, 2.24) is 9.80 Å². The van der Waals surface area contributed by atoms with Gasteiger partial charge in [-0.1, -0.05) is 42.0 Å². The second-order valence-electron chi connectivity index (χ2n) is 7.07. The predicted molar refractivity (Wildman–Crippen MR) is 103 cm³/mol. The van der Waals surface area contributed by atoms with Crippen molar-refractivity contribution in [3.8, 4) is 0 Å². The number of aryl methyl sites for hydroxylation is 1. The minimum absolute atomic E-state index is 0.0439. The summed E-state index contributed by atoms with van der Waals surface area (Å²) in [7, 11) is 1.79. The molecule has 0 aliphatic carbocycles. The molecule has 1 saturated heterocycles. The van der Waals surface area contributed by atoms with Gasteiger partial charge in [-0.05, 0) is 37.1 Å². The first kappa shape index (κ1) is 18.8. The van der Waals surface area contributed by atoms with E-state index in [0.29, 0.717) is 5.56 Å². The zero-order chi connectivity index (χ0) is 19.6. The summed E-state index contributed by atoms with van der Waals surface area (Å²) < 4.78 is 0. The average Bonchev–Trinajstić information content (AvgIpc) is 2.99. The molecule has 0 spiro atoms. The maximum atomic E-state index is 12.8. The first-order chi connectivity index (χ1) is 12.9. The minimum atomic E-state index is -0.133. The normalized spacial score (nSPS) is 15.1. The van der Waals surface area contributed by atoms with Gasteiger partial charge in [-0.15, -0.1) is 0 Å². The molecule has 5 heteroatoms. The Kier molecular flexibility index (Phi) is 5.40. The van der Waals surface area contributed by atoms with Crippen molar-refractivity contribution < 1.29 is 14.4 Å². The van der Waals surface area contributed by atoms with Crippen molar-refractivity contribution in [1.29, 1.82) is 0 Å². The first-order valence-corrected chi connectivity index (χ1v) is 9.12. The average molecular weight is 364 g/mol. The molecule has 1 atom stereocenters. The number of rotatable bonds is 5. The zero-order valence-corrected chi connectivity index (χ0v) is 15.9. The standard InChI is InChI=1S/C22H24N2O3/c1-15-4-8-18(9-5-15)16(2)23(3)22(27)19-10-6-17(7-11-19)14-24-20(25)12-13-21(24)26/h4-11,16H,12-14H2,1-3H3. The molecule has 1 aliphatic heterocycles. The van der Waals surface area contributed by atoms with E-state index in [9.17, 15) is 14.4 Å². The van der Waals surface area contributed by atoms with Gasteiger partial charge in [0.25, 0.3) is 5.91 Å². The van der Waals surface area contributed by atoms with Crippen LogP contribution in [0.2, 0.25) is 0 Å². The third-order valence-corrected chi connectivity index (χ3v) is 5.16. The Morgan fingerprint density at radius 1 is 1.00 bits per heavy atom. The molecule has 0 saturated carbocycles. The maximum absolute atomic E-state index is 12.8. The fraction of sp³-hybridized carbons (Fsp3) is 0.318. The summed E-state index contributed by atoms with van der Waals surface area (Å²) in [5.74, 6) is -0.332. The fourth-order valence-electron chi connectivity index (χ4n) is 3.18. The number of imide groups is 1. The number of hydrogen-bond donors (Lipinski definition) is 0. The highest BCUT2D eigenvalue weighted by molar-refractivity contribution is 6.01. The van der Waals surface area contributed by atoms with Gasteiger partial charge >= 0.3 is 0 Å². The molecule has 0 bridgehead atoms. The number of benzene rings is 2. The SMILES string of the molecule is Cc1ccc(C(C)N(C)C(=O)c2ccc(CN3C(=O)CCC3=O)cc2)cc1. The molecule has 0 radical (unpaired) electrons. The van der Waals surface area contributed by atoms with Crippen molar-refractivity contribution in [2.24, 2.45) is 0 Å². The topological polar surface area (TPSA) is 57.7 Å². The number of hydrogen-bond acceptors (Lipinski definition) is 3. The Hall–Kier alpha value is -2.95. The molecule has 1 unspecified atom stereocenters. The number of nitrogens with zero attached hydrogens (tertiary/aromatic N) is 2. The van der Waals surface area contributed by atoms with Gasteiger partial charge in [0.1, 0.15) is 0 Å². The molecule has 2 aromatic carbocycles. The van der Waals surface area contributed by atoms with Crippen molar-refractivity contribution in [3.05, 3.63) is 70.8 Å². The van der Waals surface area contributed by atoms with E-state index in [1.807, 2.05) is 38.1 Å². The molecule has 1 fully saturated rings. The summed E-state index contributed by atoms with van der Waals surface area (Å²) in [6, 6.07) is 15.2. The van der Waals surface area contributed by atoms with E-state index in [0.717, 1.165) is 11.1 Å². The van der Waals surface area contributed by atoms with Crippen molar-refractivity contribution >= 4 is 17.7 Å². The van der Waals surface area contributed by atoms with E-state index >= 15 is 0 Å². The molecule has 3 rings (SSSR count). The van der Waals surface area contributed by atoms with Gasteiger partial charge in [0.15, 0.2) is 0 Å². The van der Waals surface area contributed by atoms with E-state index in [1.54, 1.807) is 36.2 Å². The maximum Gasteiger partial charge on any atom is 0.254 e. The van der Waals surface area contributed by atoms with Crippen LogP contribution in [0.5, 0.6) is 0 Å². The van der Waals surface area contributed by atoms with Crippen LogP contribution in [0.15, 0.2) is 48.5 Å². The van der Waals surface area contributed by atoms with Crippen LogP contribution in [0, 0.1) is 6.92 Å². The highest BCUT2D eigenvalue weighted by Gasteiger charge is 2.28. The summed E-state index contributed by atoms with van der Waals surface area (Å²) in [6.07, 6.45) is 0.578. The third kappa shape index (κ3) is 4.08. The lowest BCUT2D eigenvalue weighted by Gasteiger charge is -2.25. The number of likely N-dealkylation sites (tertiary alicyclic amines) is 1. The lowest BCUT2D eigenvalue weighted by atomic mass is 10.0. The van der Waals surface area contributed by atoms with E-state index in [2.05, 4.69) is 0 Å². The quantitative estimate of drug-likeness (QED) is 0.763. The molecular weight excluding hydrogens is 340 g/mol. The van der Waals surface area contributed by atoms with Gasteiger partial charge < -0.3 is 4.90 Å². The monoisotopic (exact) mass is 364 g/mol. The molecule has 0 N–H and O–H groups in total. The van der Waals surface area contributed by atoms with Gasteiger partial charge in [-0.3, -0.25) is 19.3 Å². The van der Waals surface area contributed by atoms with Crippen LogP contribution < -0.4 is 0 Å². The van der Waals surface area contributed by atoms with E-state index < -0.39 is 0 Å². The second-order valence-corrected chi connectivity index (χ2v) is 7.07. The minimum Gasteiger partial charge on any atom is -0.335 e. The summed E-state index contributed by atoms with van der Waals surface area (Å²) in [5.41, 5.74) is 3.69. The van der Waals surface area contributed by atoms with Gasteiger partial charge in [-0.25, -0.2) is 0 Å². The van der Waals surface area contributed by atoms with Gasteiger partial charge in [-0.2, -0.15) is 0 Å². The summed E-state index contributed by atoms with van der Waals surface area (Å²) >= 11 is 0. The molecule has 1 heterocycles. The molecule has 27 heavy (non-hydrogen) atoms. The van der Waals surface area contributed by atoms with E-state index in [-0.39, 0.29) is 43.1 Å². The Morgan fingerprint density at radius 2 is 1.56 bits per heavy atom. The first-order valence-electron chi connectivity index (χ1n) is 9.12. The Morgan fingerprint density at radius 3 is 2.11 bits per heavy atom. The molecule has 1 aliphatic rings. The Labute approximate surface area is 159 Å². The van der Waals surface area contributed by atoms with Crippen LogP contribution in [-0.2, 0) is 16.1 Å². The van der Waals surface area contributed by atoms with Crippen LogP contribution in [0.4, 0.5) is 0 Å². The second kappa shape index (κ2) is 7.74. The van der Waals surface area contributed by atoms with E-state index in [1.165, 1.54) is 10.5 Å². The fourth-order valence-corrected chi connectivity index (χ4v) is 3.18. The Bertz CT molecular complexity index is 840. The van der Waals surface area contributed by atoms with Crippen LogP contribution in [0.3, 0.4) is 0 Å². The molecule has 0 aromatic heterocycles. The molecule has 2 aromatic rings. The zero-order valence-electron chi connectivity index (χ0n) is 15.9. The van der Waals surface area contributed by atoms with Crippen LogP contribution in [0.1, 0.15) is 52.9 Å². The van der Waals surface area contributed by atoms with Crippen LogP contribution >= 0.6 is 0 Å². The molecule has 5 nitrogen and oxygen atoms in total. The van der Waals surface area contributed by atoms with Gasteiger partial charge in [0.2, 0.25) is 11.8 Å². The molecule has 3 amide bonds. The predicted octanol–water partition coefficient (Wildman–Crippen LogP) is 3.48. The lowest BCUT2D eigenvalue weighted by Crippen LogP contribution is -2.30. The largest absolute Gasteiger partial charge is 0.335 e. The van der Waals surface area contributed by atoms with Crippen molar-refractivity contribution in [2.45, 2.75) is 39.3 Å². The van der Waals surface area contributed by atoms with Crippen LogP contribution in [-0.4, -0.2) is 34.6 Å². The Balaban J connectivity index is 1.68. The summed E-state index contributed by atoms with van der Waals surface area (Å²) in [4.78, 5) is 39.2.